The minimum absolute atomic E-state index is 0.487. The number of benzene rings is 1. The van der Waals surface area contributed by atoms with Crippen molar-refractivity contribution in [3.05, 3.63) is 35.9 Å². The van der Waals surface area contributed by atoms with E-state index in [2.05, 4.69) is 21.2 Å². The monoisotopic (exact) mass is 415 g/mol. The first-order chi connectivity index (χ1) is 11.6. The number of ether oxygens (including phenoxy) is 3. The van der Waals surface area contributed by atoms with Crippen LogP contribution in [-0.2, 0) is 23.8 Å². The van der Waals surface area contributed by atoms with Crippen LogP contribution in [0.3, 0.4) is 0 Å². The lowest BCUT2D eigenvalue weighted by atomic mass is 9.92. The zero-order valence-corrected chi connectivity index (χ0v) is 16.4. The molecular weight excluding hydrogens is 394 g/mol. The van der Waals surface area contributed by atoms with Gasteiger partial charge in [-0.25, -0.2) is 14.4 Å². The van der Waals surface area contributed by atoms with E-state index >= 15 is 0 Å². The number of methoxy groups -OCH3 is 2. The number of nitrogens with one attached hydrogen (secondary N) is 1. The molecule has 0 aliphatic rings. The predicted molar refractivity (Wildman–Crippen MR) is 94.2 cm³/mol. The first-order valence-corrected chi connectivity index (χ1v) is 8.25. The first-order valence-electron chi connectivity index (χ1n) is 7.46. The van der Waals surface area contributed by atoms with Gasteiger partial charge in [0.15, 0.2) is 0 Å². The smallest absolute Gasteiger partial charge is 0.408 e. The summed E-state index contributed by atoms with van der Waals surface area (Å²) < 4.78 is 12.7. The summed E-state index contributed by atoms with van der Waals surface area (Å²) in [6, 6.07) is 7.37. The van der Waals surface area contributed by atoms with E-state index < -0.39 is 34.0 Å². The molecule has 0 heterocycles. The molecule has 1 N–H and O–H groups in total. The van der Waals surface area contributed by atoms with E-state index in [1.54, 1.807) is 51.1 Å². The Hall–Kier alpha value is -2.09. The third kappa shape index (κ3) is 5.19. The van der Waals surface area contributed by atoms with Crippen molar-refractivity contribution in [2.24, 2.45) is 0 Å². The standard InChI is InChI=1S/C17H22BrNO6/c1-16(2,3)25-15(22)19-12(11-9-7-6-8-10-11)17(18,13(20)23-4)14(21)24-5/h6-10,12H,1-5H3,(H,19,22)/t12-/m0/s1. The molecule has 0 saturated carbocycles. The van der Waals surface area contributed by atoms with Crippen LogP contribution < -0.4 is 5.32 Å². The first kappa shape index (κ1) is 21.0. The van der Waals surface area contributed by atoms with Crippen LogP contribution in [-0.4, -0.2) is 42.2 Å². The van der Waals surface area contributed by atoms with Gasteiger partial charge < -0.3 is 19.5 Å². The summed E-state index contributed by atoms with van der Waals surface area (Å²) in [7, 11) is 2.27. The fourth-order valence-corrected chi connectivity index (χ4v) is 2.80. The van der Waals surface area contributed by atoms with Crippen molar-refractivity contribution in [2.45, 2.75) is 36.7 Å². The highest BCUT2D eigenvalue weighted by atomic mass is 79.9. The van der Waals surface area contributed by atoms with Crippen molar-refractivity contribution >= 4 is 34.0 Å². The molecule has 0 aliphatic heterocycles. The zero-order valence-electron chi connectivity index (χ0n) is 14.8. The van der Waals surface area contributed by atoms with Crippen molar-refractivity contribution in [1.82, 2.24) is 5.32 Å². The van der Waals surface area contributed by atoms with Crippen molar-refractivity contribution in [2.75, 3.05) is 14.2 Å². The van der Waals surface area contributed by atoms with Gasteiger partial charge in [-0.05, 0) is 26.3 Å². The number of alkyl halides is 1. The highest BCUT2D eigenvalue weighted by Crippen LogP contribution is 2.37. The van der Waals surface area contributed by atoms with E-state index in [0.29, 0.717) is 5.56 Å². The van der Waals surface area contributed by atoms with Crippen LogP contribution in [0.5, 0.6) is 0 Å². The molecule has 1 aromatic carbocycles. The second-order valence-electron chi connectivity index (χ2n) is 6.18. The molecule has 25 heavy (non-hydrogen) atoms. The number of carbonyl (C=O) groups excluding carboxylic acids is 3. The van der Waals surface area contributed by atoms with Gasteiger partial charge in [-0.1, -0.05) is 46.3 Å². The fraction of sp³-hybridized carbons (Fsp3) is 0.471. The number of hydrogen-bond acceptors (Lipinski definition) is 6. The molecule has 0 fully saturated rings. The average molecular weight is 416 g/mol. The van der Waals surface area contributed by atoms with Gasteiger partial charge in [-0.2, -0.15) is 0 Å². The number of hydrogen-bond donors (Lipinski definition) is 1. The molecule has 1 aromatic rings. The minimum Gasteiger partial charge on any atom is -0.467 e. The Morgan fingerprint density at radius 2 is 1.48 bits per heavy atom. The van der Waals surface area contributed by atoms with Crippen LogP contribution in [0.4, 0.5) is 4.79 Å². The Labute approximate surface area is 155 Å². The molecule has 1 amide bonds. The number of halogens is 1. The molecule has 0 aromatic heterocycles. The summed E-state index contributed by atoms with van der Waals surface area (Å²) in [5, 5.41) is 2.55. The summed E-state index contributed by atoms with van der Waals surface area (Å²) in [5.41, 5.74) is -0.266. The second-order valence-corrected chi connectivity index (χ2v) is 7.44. The summed E-state index contributed by atoms with van der Waals surface area (Å²) >= 11 is 3.13. The average Bonchev–Trinajstić information content (AvgIpc) is 2.56. The lowest BCUT2D eigenvalue weighted by Gasteiger charge is -2.32. The highest BCUT2D eigenvalue weighted by molar-refractivity contribution is 9.10. The van der Waals surface area contributed by atoms with Gasteiger partial charge in [0.05, 0.1) is 20.3 Å². The molecule has 138 valence electrons. The number of amides is 1. The third-order valence-electron chi connectivity index (χ3n) is 3.16. The predicted octanol–water partition coefficient (Wildman–Crippen LogP) is 2.73. The summed E-state index contributed by atoms with van der Waals surface area (Å²) in [4.78, 5) is 37.0. The molecule has 1 atom stereocenters. The Kier molecular flexibility index (Phi) is 6.98. The van der Waals surface area contributed by atoms with E-state index in [-0.39, 0.29) is 0 Å². The van der Waals surface area contributed by atoms with Crippen LogP contribution >= 0.6 is 15.9 Å². The Morgan fingerprint density at radius 3 is 1.88 bits per heavy atom. The highest BCUT2D eigenvalue weighted by Gasteiger charge is 2.54. The van der Waals surface area contributed by atoms with E-state index in [0.717, 1.165) is 14.2 Å². The lowest BCUT2D eigenvalue weighted by Crippen LogP contribution is -2.54. The van der Waals surface area contributed by atoms with Gasteiger partial charge in [-0.3, -0.25) is 0 Å². The number of alkyl carbamates (subject to hydrolysis) is 1. The van der Waals surface area contributed by atoms with E-state index in [9.17, 15) is 14.4 Å². The lowest BCUT2D eigenvalue weighted by molar-refractivity contribution is -0.156. The Bertz CT molecular complexity index is 610. The van der Waals surface area contributed by atoms with E-state index in [1.807, 2.05) is 0 Å². The number of carbonyl (C=O) groups is 3. The quantitative estimate of drug-likeness (QED) is 0.344. The van der Waals surface area contributed by atoms with Crippen molar-refractivity contribution in [1.29, 1.82) is 0 Å². The maximum Gasteiger partial charge on any atom is 0.408 e. The number of rotatable bonds is 5. The van der Waals surface area contributed by atoms with Gasteiger partial charge in [0.1, 0.15) is 5.60 Å². The van der Waals surface area contributed by atoms with Gasteiger partial charge >= 0.3 is 18.0 Å². The molecule has 0 bridgehead atoms. The van der Waals surface area contributed by atoms with Crippen molar-refractivity contribution in [3.8, 4) is 0 Å². The third-order valence-corrected chi connectivity index (χ3v) is 4.26. The van der Waals surface area contributed by atoms with Gasteiger partial charge in [0.25, 0.3) is 0 Å². The molecule has 0 spiro atoms. The fourth-order valence-electron chi connectivity index (χ4n) is 2.10. The zero-order chi connectivity index (χ0) is 19.3. The number of esters is 2. The molecule has 0 radical (unpaired) electrons. The molecule has 0 unspecified atom stereocenters. The topological polar surface area (TPSA) is 90.9 Å². The van der Waals surface area contributed by atoms with Crippen LogP contribution in [0.25, 0.3) is 0 Å². The summed E-state index contributed by atoms with van der Waals surface area (Å²) in [6.07, 6.45) is -0.794. The van der Waals surface area contributed by atoms with Crippen LogP contribution in [0, 0.1) is 0 Å². The molecule has 8 heteroatoms. The van der Waals surface area contributed by atoms with Gasteiger partial charge in [-0.15, -0.1) is 0 Å². The second kappa shape index (κ2) is 8.33. The van der Waals surface area contributed by atoms with Gasteiger partial charge in [0.2, 0.25) is 4.32 Å². The Morgan fingerprint density at radius 1 is 1.00 bits per heavy atom. The summed E-state index contributed by atoms with van der Waals surface area (Å²) in [6.45, 7) is 5.10. The minimum atomic E-state index is -1.98. The maximum absolute atomic E-state index is 12.4. The van der Waals surface area contributed by atoms with Gasteiger partial charge in [0, 0.05) is 0 Å². The molecule has 7 nitrogen and oxygen atoms in total. The maximum atomic E-state index is 12.4. The van der Waals surface area contributed by atoms with E-state index in [1.165, 1.54) is 0 Å². The Balaban J connectivity index is 3.36. The molecule has 1 rings (SSSR count). The summed E-state index contributed by atoms with van der Waals surface area (Å²) in [5.74, 6) is -1.83. The molecule has 0 saturated heterocycles. The van der Waals surface area contributed by atoms with Crippen LogP contribution in [0.15, 0.2) is 30.3 Å². The van der Waals surface area contributed by atoms with Crippen LogP contribution in [0.2, 0.25) is 0 Å². The molecule has 0 aliphatic carbocycles. The van der Waals surface area contributed by atoms with Crippen molar-refractivity contribution < 1.29 is 28.6 Å². The van der Waals surface area contributed by atoms with E-state index in [4.69, 9.17) is 14.2 Å². The van der Waals surface area contributed by atoms with Crippen molar-refractivity contribution in [3.63, 3.8) is 0 Å². The largest absolute Gasteiger partial charge is 0.467 e. The SMILES string of the molecule is COC(=O)C(Br)(C(=O)OC)[C@@H](NC(=O)OC(C)(C)C)c1ccccc1. The molecular formula is C17H22BrNO6. The van der Waals surface area contributed by atoms with Crippen LogP contribution in [0.1, 0.15) is 32.4 Å². The normalized spacial score (nSPS) is 12.7.